The molecule has 1 heterocycles. The molecule has 0 radical (unpaired) electrons. The molecule has 38 heavy (non-hydrogen) atoms. The SMILES string of the molecule is CCN(CC)c1ccc(C2CN(C(=O)NCc3ccc(C(=O)NNC(=O)C(F)(F)F)cc3F)CCS2)cc1. The van der Waals surface area contributed by atoms with Crippen LogP contribution in [0, 0.1) is 5.82 Å². The quantitative estimate of drug-likeness (QED) is 0.355. The Bertz CT molecular complexity index is 1140. The van der Waals surface area contributed by atoms with Gasteiger partial charge in [-0.2, -0.15) is 24.9 Å². The first kappa shape index (κ1) is 29.1. The number of alkyl halides is 3. The van der Waals surface area contributed by atoms with Gasteiger partial charge in [0, 0.05) is 60.5 Å². The molecule has 13 heteroatoms. The predicted octanol–water partition coefficient (Wildman–Crippen LogP) is 3.99. The monoisotopic (exact) mass is 555 g/mol. The number of hydrogen-bond acceptors (Lipinski definition) is 5. The minimum absolute atomic E-state index is 0.0872. The van der Waals surface area contributed by atoms with Crippen molar-refractivity contribution >= 4 is 35.3 Å². The fraction of sp³-hybridized carbons (Fsp3) is 0.400. The zero-order chi connectivity index (χ0) is 27.9. The lowest BCUT2D eigenvalue weighted by molar-refractivity contribution is -0.174. The van der Waals surface area contributed by atoms with Crippen molar-refractivity contribution in [1.29, 1.82) is 0 Å². The molecular formula is C25H29F4N5O3S. The predicted molar refractivity (Wildman–Crippen MR) is 137 cm³/mol. The van der Waals surface area contributed by atoms with E-state index in [4.69, 9.17) is 0 Å². The Labute approximate surface area is 222 Å². The fourth-order valence-corrected chi connectivity index (χ4v) is 5.14. The van der Waals surface area contributed by atoms with Gasteiger partial charge in [-0.15, -0.1) is 0 Å². The van der Waals surface area contributed by atoms with Crippen LogP contribution in [-0.2, 0) is 11.3 Å². The summed E-state index contributed by atoms with van der Waals surface area (Å²) in [6.45, 7) is 6.92. The van der Waals surface area contributed by atoms with Gasteiger partial charge in [0.25, 0.3) is 5.91 Å². The summed E-state index contributed by atoms with van der Waals surface area (Å²) in [5.41, 5.74) is 4.83. The Hall–Kier alpha value is -3.48. The summed E-state index contributed by atoms with van der Waals surface area (Å²) in [5.74, 6) is -3.57. The highest BCUT2D eigenvalue weighted by Crippen LogP contribution is 2.34. The van der Waals surface area contributed by atoms with Gasteiger partial charge in [0.1, 0.15) is 5.82 Å². The zero-order valence-corrected chi connectivity index (χ0v) is 21.7. The molecule has 1 aliphatic rings. The third-order valence-electron chi connectivity index (χ3n) is 6.04. The number of anilines is 1. The summed E-state index contributed by atoms with van der Waals surface area (Å²) in [6.07, 6.45) is -5.18. The first-order valence-electron chi connectivity index (χ1n) is 12.0. The second-order valence-electron chi connectivity index (χ2n) is 8.44. The van der Waals surface area contributed by atoms with E-state index in [1.54, 1.807) is 22.1 Å². The van der Waals surface area contributed by atoms with E-state index < -0.39 is 23.8 Å². The number of rotatable bonds is 7. The smallest absolute Gasteiger partial charge is 0.372 e. The average Bonchev–Trinajstić information content (AvgIpc) is 2.91. The van der Waals surface area contributed by atoms with Gasteiger partial charge in [-0.05, 0) is 43.7 Å². The zero-order valence-electron chi connectivity index (χ0n) is 20.9. The lowest BCUT2D eigenvalue weighted by atomic mass is 10.1. The third kappa shape index (κ3) is 7.53. The summed E-state index contributed by atoms with van der Waals surface area (Å²) >= 11 is 1.77. The molecule has 0 bridgehead atoms. The van der Waals surface area contributed by atoms with E-state index >= 15 is 0 Å². The van der Waals surface area contributed by atoms with Crippen LogP contribution in [0.5, 0.6) is 0 Å². The van der Waals surface area contributed by atoms with Crippen molar-refractivity contribution in [3.63, 3.8) is 0 Å². The van der Waals surface area contributed by atoms with Gasteiger partial charge in [-0.25, -0.2) is 9.18 Å². The highest BCUT2D eigenvalue weighted by molar-refractivity contribution is 7.99. The number of hydrazine groups is 1. The molecule has 1 unspecified atom stereocenters. The van der Waals surface area contributed by atoms with Gasteiger partial charge in [0.05, 0.1) is 0 Å². The topological polar surface area (TPSA) is 93.8 Å². The second-order valence-corrected chi connectivity index (χ2v) is 9.75. The third-order valence-corrected chi connectivity index (χ3v) is 7.28. The van der Waals surface area contributed by atoms with E-state index in [0.717, 1.165) is 36.2 Å². The number of benzene rings is 2. The molecule has 0 spiro atoms. The summed E-state index contributed by atoms with van der Waals surface area (Å²) in [6, 6.07) is 11.2. The normalized spacial score (nSPS) is 15.5. The lowest BCUT2D eigenvalue weighted by Crippen LogP contribution is -2.47. The van der Waals surface area contributed by atoms with Crippen LogP contribution in [0.3, 0.4) is 0 Å². The number of thioether (sulfide) groups is 1. The molecule has 8 nitrogen and oxygen atoms in total. The molecule has 0 aliphatic carbocycles. The number of nitrogens with one attached hydrogen (secondary N) is 3. The Kier molecular flexibility index (Phi) is 9.84. The molecule has 3 rings (SSSR count). The Morgan fingerprint density at radius 1 is 1.05 bits per heavy atom. The van der Waals surface area contributed by atoms with E-state index in [9.17, 15) is 31.9 Å². The van der Waals surface area contributed by atoms with E-state index in [1.807, 2.05) is 0 Å². The number of nitrogens with zero attached hydrogens (tertiary/aromatic N) is 2. The molecule has 2 aromatic carbocycles. The second kappa shape index (κ2) is 12.9. The highest BCUT2D eigenvalue weighted by atomic mass is 32.2. The number of halogens is 4. The Morgan fingerprint density at radius 2 is 1.74 bits per heavy atom. The largest absolute Gasteiger partial charge is 0.472 e. The Morgan fingerprint density at radius 3 is 2.34 bits per heavy atom. The molecule has 1 fully saturated rings. The van der Waals surface area contributed by atoms with Crippen LogP contribution >= 0.6 is 11.8 Å². The van der Waals surface area contributed by atoms with Crippen LogP contribution in [-0.4, -0.2) is 60.9 Å². The van der Waals surface area contributed by atoms with Crippen LogP contribution in [0.4, 0.5) is 28.0 Å². The van der Waals surface area contributed by atoms with Gasteiger partial charge >= 0.3 is 18.1 Å². The van der Waals surface area contributed by atoms with Crippen LogP contribution < -0.4 is 21.1 Å². The van der Waals surface area contributed by atoms with Crippen LogP contribution in [0.1, 0.15) is 40.6 Å². The molecular weight excluding hydrogens is 526 g/mol. The van der Waals surface area contributed by atoms with Crippen molar-refractivity contribution in [3.8, 4) is 0 Å². The maximum absolute atomic E-state index is 14.5. The van der Waals surface area contributed by atoms with Gasteiger partial charge in [0.15, 0.2) is 0 Å². The van der Waals surface area contributed by atoms with Crippen LogP contribution in [0.2, 0.25) is 0 Å². The molecule has 3 N–H and O–H groups in total. The number of carbonyl (C=O) groups excluding carboxylic acids is 3. The maximum atomic E-state index is 14.5. The number of hydrogen-bond donors (Lipinski definition) is 3. The molecule has 4 amide bonds. The highest BCUT2D eigenvalue weighted by Gasteiger charge is 2.39. The number of carbonyl (C=O) groups is 3. The first-order valence-corrected chi connectivity index (χ1v) is 13.0. The van der Waals surface area contributed by atoms with Crippen molar-refractivity contribution in [2.75, 3.05) is 36.8 Å². The number of urea groups is 1. The Balaban J connectivity index is 1.54. The molecule has 0 saturated carbocycles. The molecule has 1 atom stereocenters. The van der Waals surface area contributed by atoms with Crippen LogP contribution in [0.25, 0.3) is 0 Å². The van der Waals surface area contributed by atoms with Crippen molar-refractivity contribution in [2.45, 2.75) is 31.8 Å². The van der Waals surface area contributed by atoms with Gasteiger partial charge in [-0.1, -0.05) is 18.2 Å². The van der Waals surface area contributed by atoms with Gasteiger partial charge < -0.3 is 15.1 Å². The minimum atomic E-state index is -5.18. The summed E-state index contributed by atoms with van der Waals surface area (Å²) < 4.78 is 51.1. The molecule has 206 valence electrons. The van der Waals surface area contributed by atoms with Crippen molar-refractivity contribution in [2.24, 2.45) is 0 Å². The number of amides is 4. The molecule has 0 aromatic heterocycles. The summed E-state index contributed by atoms with van der Waals surface area (Å²) in [5, 5.41) is 2.78. The van der Waals surface area contributed by atoms with E-state index in [2.05, 4.69) is 48.3 Å². The fourth-order valence-electron chi connectivity index (χ4n) is 3.90. The van der Waals surface area contributed by atoms with Crippen molar-refractivity contribution in [3.05, 3.63) is 65.0 Å². The van der Waals surface area contributed by atoms with E-state index in [-0.39, 0.29) is 29.0 Å². The van der Waals surface area contributed by atoms with Gasteiger partial charge in [-0.3, -0.25) is 20.4 Å². The summed E-state index contributed by atoms with van der Waals surface area (Å²) in [7, 11) is 0. The molecule has 1 aliphatic heterocycles. The van der Waals surface area contributed by atoms with Crippen LogP contribution in [0.15, 0.2) is 42.5 Å². The first-order chi connectivity index (χ1) is 18.0. The van der Waals surface area contributed by atoms with Crippen molar-refractivity contribution in [1.82, 2.24) is 21.1 Å². The molecule has 2 aromatic rings. The van der Waals surface area contributed by atoms with E-state index in [1.165, 1.54) is 17.6 Å². The minimum Gasteiger partial charge on any atom is -0.372 e. The van der Waals surface area contributed by atoms with Gasteiger partial charge in [0.2, 0.25) is 0 Å². The van der Waals surface area contributed by atoms with Crippen molar-refractivity contribution < 1.29 is 31.9 Å². The summed E-state index contributed by atoms with van der Waals surface area (Å²) in [4.78, 5) is 39.4. The molecule has 1 saturated heterocycles. The lowest BCUT2D eigenvalue weighted by Gasteiger charge is -2.33. The maximum Gasteiger partial charge on any atom is 0.472 e. The standard InChI is InChI=1S/C25H29F4N5O3S/c1-3-33(4-2)19-9-7-16(8-10-19)21-15-34(11-12-38-21)24(37)30-14-18-6-5-17(13-20(18)26)22(35)31-32-23(36)25(27,28)29/h5-10,13,21H,3-4,11-12,14-15H2,1-2H3,(H,30,37)(H,31,35)(H,32,36). The van der Waals surface area contributed by atoms with E-state index in [0.29, 0.717) is 13.1 Å². The average molecular weight is 556 g/mol.